The van der Waals surface area contributed by atoms with Crippen LogP contribution in [0.15, 0.2) is 42.6 Å². The average molecular weight is 337 g/mol. The first-order valence-corrected chi connectivity index (χ1v) is 6.50. The van der Waals surface area contributed by atoms with Crippen LogP contribution in [0.1, 0.15) is 11.1 Å². The second kappa shape index (κ2) is 6.97. The van der Waals surface area contributed by atoms with Crippen molar-refractivity contribution in [3.8, 4) is 11.8 Å². The van der Waals surface area contributed by atoms with E-state index in [1.165, 1.54) is 0 Å². The first kappa shape index (κ1) is 17.2. The van der Waals surface area contributed by atoms with Crippen molar-refractivity contribution in [3.05, 3.63) is 63.8 Å². The van der Waals surface area contributed by atoms with Gasteiger partial charge in [-0.2, -0.15) is 13.2 Å². The summed E-state index contributed by atoms with van der Waals surface area (Å²) in [7, 11) is 0. The van der Waals surface area contributed by atoms with Crippen molar-refractivity contribution in [2.45, 2.75) is 12.4 Å². The Kier molecular flexibility index (Phi) is 5.01. The summed E-state index contributed by atoms with van der Waals surface area (Å²) >= 11 is 0. The van der Waals surface area contributed by atoms with E-state index in [0.29, 0.717) is 5.56 Å². The lowest BCUT2D eigenvalue weighted by molar-refractivity contribution is -0.385. The summed E-state index contributed by atoms with van der Waals surface area (Å²) in [4.78, 5) is 13.6. The van der Waals surface area contributed by atoms with Gasteiger partial charge in [0.05, 0.1) is 10.5 Å². The number of hydrogen-bond acceptors (Lipinski definition) is 5. The van der Waals surface area contributed by atoms with Gasteiger partial charge < -0.3 is 10.4 Å². The van der Waals surface area contributed by atoms with Crippen molar-refractivity contribution in [2.24, 2.45) is 0 Å². The molecule has 0 amide bonds. The monoisotopic (exact) mass is 337 g/mol. The molecule has 2 rings (SSSR count). The van der Waals surface area contributed by atoms with Crippen LogP contribution in [0.25, 0.3) is 0 Å². The number of halogens is 3. The SMILES string of the molecule is O=[N+]([O-])c1cnc(NC(O)C(F)(F)F)c(C#Cc2ccccc2)c1. The number of aliphatic hydroxyl groups is 1. The summed E-state index contributed by atoms with van der Waals surface area (Å²) in [5.41, 5.74) is -0.0120. The molecule has 0 saturated heterocycles. The topological polar surface area (TPSA) is 88.3 Å². The molecule has 9 heteroatoms. The van der Waals surface area contributed by atoms with Crippen LogP contribution in [0.2, 0.25) is 0 Å². The molecular formula is C15H10F3N3O3. The minimum atomic E-state index is -4.92. The molecule has 1 heterocycles. The Hall–Kier alpha value is -3.12. The molecule has 124 valence electrons. The highest BCUT2D eigenvalue weighted by Crippen LogP contribution is 2.24. The van der Waals surface area contributed by atoms with E-state index in [4.69, 9.17) is 5.11 Å². The predicted molar refractivity (Wildman–Crippen MR) is 79.0 cm³/mol. The van der Waals surface area contributed by atoms with Crippen molar-refractivity contribution in [1.29, 1.82) is 0 Å². The first-order chi connectivity index (χ1) is 11.3. The maximum atomic E-state index is 12.4. The van der Waals surface area contributed by atoms with Crippen molar-refractivity contribution >= 4 is 11.5 Å². The second-order valence-electron chi connectivity index (χ2n) is 4.55. The van der Waals surface area contributed by atoms with E-state index in [2.05, 4.69) is 16.8 Å². The van der Waals surface area contributed by atoms with Gasteiger partial charge in [-0.05, 0) is 12.1 Å². The number of pyridine rings is 1. The summed E-state index contributed by atoms with van der Waals surface area (Å²) in [6.45, 7) is 0. The van der Waals surface area contributed by atoms with Gasteiger partial charge in [0.1, 0.15) is 12.0 Å². The van der Waals surface area contributed by atoms with E-state index in [1.807, 2.05) is 0 Å². The van der Waals surface area contributed by atoms with E-state index in [1.54, 1.807) is 35.6 Å². The lowest BCUT2D eigenvalue weighted by atomic mass is 10.2. The Bertz CT molecular complexity index is 798. The molecule has 1 unspecified atom stereocenters. The standard InChI is InChI=1S/C15H10F3N3O3/c16-15(17,18)14(22)20-13-11(8-12(9-19-13)21(23)24)7-6-10-4-2-1-3-5-10/h1-5,8-9,14,22H,(H,19,20). The van der Waals surface area contributed by atoms with Gasteiger partial charge >= 0.3 is 6.18 Å². The molecule has 0 aliphatic carbocycles. The van der Waals surface area contributed by atoms with Gasteiger partial charge in [-0.3, -0.25) is 10.1 Å². The second-order valence-corrected chi connectivity index (χ2v) is 4.55. The van der Waals surface area contributed by atoms with E-state index >= 15 is 0 Å². The van der Waals surface area contributed by atoms with Crippen LogP contribution in [0.5, 0.6) is 0 Å². The van der Waals surface area contributed by atoms with Crippen LogP contribution in [0.3, 0.4) is 0 Å². The van der Waals surface area contributed by atoms with Crippen LogP contribution in [-0.2, 0) is 0 Å². The third-order valence-corrected chi connectivity index (χ3v) is 2.78. The van der Waals surface area contributed by atoms with Crippen molar-refractivity contribution in [2.75, 3.05) is 5.32 Å². The molecule has 0 spiro atoms. The van der Waals surface area contributed by atoms with Crippen molar-refractivity contribution in [1.82, 2.24) is 4.98 Å². The van der Waals surface area contributed by atoms with E-state index < -0.39 is 28.8 Å². The number of nitrogens with one attached hydrogen (secondary N) is 1. The van der Waals surface area contributed by atoms with Gasteiger partial charge in [-0.1, -0.05) is 30.0 Å². The first-order valence-electron chi connectivity index (χ1n) is 6.50. The molecule has 1 aromatic heterocycles. The number of alkyl halides is 3. The molecule has 6 nitrogen and oxygen atoms in total. The Morgan fingerprint density at radius 1 is 1.25 bits per heavy atom. The minimum Gasteiger partial charge on any atom is -0.366 e. The maximum Gasteiger partial charge on any atom is 0.433 e. The number of benzene rings is 1. The molecule has 0 bridgehead atoms. The van der Waals surface area contributed by atoms with Crippen LogP contribution in [0, 0.1) is 22.0 Å². The Morgan fingerprint density at radius 3 is 2.50 bits per heavy atom. The van der Waals surface area contributed by atoms with Gasteiger partial charge in [0.25, 0.3) is 5.69 Å². The molecule has 2 aromatic rings. The number of rotatable bonds is 3. The molecule has 1 aromatic carbocycles. The highest BCUT2D eigenvalue weighted by molar-refractivity contribution is 5.59. The zero-order chi connectivity index (χ0) is 17.7. The quantitative estimate of drug-likeness (QED) is 0.389. The fourth-order valence-electron chi connectivity index (χ4n) is 1.64. The highest BCUT2D eigenvalue weighted by Gasteiger charge is 2.39. The third-order valence-electron chi connectivity index (χ3n) is 2.78. The third kappa shape index (κ3) is 4.44. The lowest BCUT2D eigenvalue weighted by Crippen LogP contribution is -2.36. The molecular weight excluding hydrogens is 327 g/mol. The van der Waals surface area contributed by atoms with Crippen LogP contribution >= 0.6 is 0 Å². The summed E-state index contributed by atoms with van der Waals surface area (Å²) in [5.74, 6) is 4.78. The van der Waals surface area contributed by atoms with Crippen molar-refractivity contribution in [3.63, 3.8) is 0 Å². The average Bonchev–Trinajstić information content (AvgIpc) is 2.53. The molecule has 2 N–H and O–H groups in total. The molecule has 0 aliphatic rings. The van der Waals surface area contributed by atoms with E-state index in [-0.39, 0.29) is 5.56 Å². The number of nitro groups is 1. The number of aromatic nitrogens is 1. The number of aliphatic hydroxyl groups excluding tert-OH is 1. The summed E-state index contributed by atoms with van der Waals surface area (Å²) in [5, 5.41) is 21.6. The Labute approximate surface area is 134 Å². The number of hydrogen-bond donors (Lipinski definition) is 2. The Balaban J connectivity index is 2.40. The van der Waals surface area contributed by atoms with Gasteiger partial charge in [0.15, 0.2) is 0 Å². The normalized spacial score (nSPS) is 12.0. The molecule has 0 saturated carbocycles. The molecule has 0 aliphatic heterocycles. The fraction of sp³-hybridized carbons (Fsp3) is 0.133. The van der Waals surface area contributed by atoms with Gasteiger partial charge in [0.2, 0.25) is 6.23 Å². The van der Waals surface area contributed by atoms with Gasteiger partial charge in [0, 0.05) is 11.6 Å². The zero-order valence-electron chi connectivity index (χ0n) is 11.9. The van der Waals surface area contributed by atoms with Crippen molar-refractivity contribution < 1.29 is 23.2 Å². The van der Waals surface area contributed by atoms with Gasteiger partial charge in [-0.25, -0.2) is 4.98 Å². The molecule has 24 heavy (non-hydrogen) atoms. The van der Waals surface area contributed by atoms with Crippen LogP contribution < -0.4 is 5.32 Å². The largest absolute Gasteiger partial charge is 0.433 e. The smallest absolute Gasteiger partial charge is 0.366 e. The molecule has 0 radical (unpaired) electrons. The van der Waals surface area contributed by atoms with Gasteiger partial charge in [-0.15, -0.1) is 0 Å². The highest BCUT2D eigenvalue weighted by atomic mass is 19.4. The zero-order valence-corrected chi connectivity index (χ0v) is 11.9. The minimum absolute atomic E-state index is 0.142. The summed E-state index contributed by atoms with van der Waals surface area (Å²) in [6, 6.07) is 9.48. The maximum absolute atomic E-state index is 12.4. The molecule has 0 fully saturated rings. The number of anilines is 1. The lowest BCUT2D eigenvalue weighted by Gasteiger charge is -2.17. The van der Waals surface area contributed by atoms with E-state index in [0.717, 1.165) is 12.3 Å². The summed E-state index contributed by atoms with van der Waals surface area (Å²) < 4.78 is 37.3. The Morgan fingerprint density at radius 2 is 1.92 bits per heavy atom. The molecule has 1 atom stereocenters. The fourth-order valence-corrected chi connectivity index (χ4v) is 1.64. The number of nitrogens with zero attached hydrogens (tertiary/aromatic N) is 2. The summed E-state index contributed by atoms with van der Waals surface area (Å²) in [6.07, 6.45) is -7.02. The predicted octanol–water partition coefficient (Wildman–Crippen LogP) is 2.68. The van der Waals surface area contributed by atoms with Crippen LogP contribution in [0.4, 0.5) is 24.7 Å². The van der Waals surface area contributed by atoms with Crippen LogP contribution in [-0.4, -0.2) is 27.4 Å². The van der Waals surface area contributed by atoms with E-state index in [9.17, 15) is 23.3 Å².